The lowest BCUT2D eigenvalue weighted by molar-refractivity contribution is 0.415. The average molecular weight is 291 g/mol. The number of anilines is 1. The van der Waals surface area contributed by atoms with Crippen LogP contribution in [0.4, 0.5) is 5.69 Å². The van der Waals surface area contributed by atoms with Crippen LogP contribution >= 0.6 is 0 Å². The first-order chi connectivity index (χ1) is 10.7. The molecule has 0 radical (unpaired) electrons. The molecule has 0 saturated heterocycles. The molecule has 22 heavy (non-hydrogen) atoms. The van der Waals surface area contributed by atoms with E-state index >= 15 is 0 Å². The van der Waals surface area contributed by atoms with Gasteiger partial charge in [0.25, 0.3) is 0 Å². The predicted octanol–water partition coefficient (Wildman–Crippen LogP) is 3.49. The van der Waals surface area contributed by atoms with Gasteiger partial charge < -0.3 is 15.2 Å². The largest absolute Gasteiger partial charge is 0.497 e. The molecule has 0 aliphatic heterocycles. The van der Waals surface area contributed by atoms with E-state index in [1.54, 1.807) is 37.6 Å². The molecule has 0 spiro atoms. The van der Waals surface area contributed by atoms with Gasteiger partial charge in [-0.2, -0.15) is 5.26 Å². The van der Waals surface area contributed by atoms with Crippen LogP contribution in [0.3, 0.4) is 0 Å². The Morgan fingerprint density at radius 3 is 2.73 bits per heavy atom. The van der Waals surface area contributed by atoms with Crippen molar-refractivity contribution in [3.63, 3.8) is 0 Å². The van der Waals surface area contributed by atoms with Gasteiger partial charge in [-0.05, 0) is 36.4 Å². The van der Waals surface area contributed by atoms with Crippen LogP contribution in [0.1, 0.15) is 5.56 Å². The third-order valence-corrected chi connectivity index (χ3v) is 3.25. The van der Waals surface area contributed by atoms with Crippen LogP contribution in [-0.2, 0) is 0 Å². The quantitative estimate of drug-likeness (QED) is 0.747. The fourth-order valence-corrected chi connectivity index (χ4v) is 2.16. The van der Waals surface area contributed by atoms with E-state index in [1.807, 2.05) is 18.2 Å². The van der Waals surface area contributed by atoms with Crippen molar-refractivity contribution in [1.29, 1.82) is 5.26 Å². The van der Waals surface area contributed by atoms with E-state index in [-0.39, 0.29) is 0 Å². The standard InChI is InChI=1S/C17H13N3O2/c1-21-13-3-4-14-15(9-13)20-7-6-17(14)22-16-5-2-12(19)8-11(16)10-18/h2-9H,19H2,1H3. The van der Waals surface area contributed by atoms with Gasteiger partial charge in [-0.25, -0.2) is 0 Å². The average Bonchev–Trinajstić information content (AvgIpc) is 2.56. The van der Waals surface area contributed by atoms with Gasteiger partial charge in [0, 0.05) is 23.3 Å². The number of pyridine rings is 1. The molecule has 2 aromatic carbocycles. The number of nitrogen functional groups attached to an aromatic ring is 1. The Labute approximate surface area is 127 Å². The number of benzene rings is 2. The maximum Gasteiger partial charge on any atom is 0.145 e. The molecular formula is C17H13N3O2. The van der Waals surface area contributed by atoms with Crippen molar-refractivity contribution in [3.05, 3.63) is 54.2 Å². The number of nitrogens with zero attached hydrogens (tertiary/aromatic N) is 2. The fourth-order valence-electron chi connectivity index (χ4n) is 2.16. The predicted molar refractivity (Wildman–Crippen MR) is 83.9 cm³/mol. The summed E-state index contributed by atoms with van der Waals surface area (Å²) in [5.74, 6) is 1.80. The molecule has 0 saturated carbocycles. The SMILES string of the molecule is COc1ccc2c(Oc3ccc(N)cc3C#N)ccnc2c1. The summed E-state index contributed by atoms with van der Waals surface area (Å²) in [6.45, 7) is 0. The highest BCUT2D eigenvalue weighted by atomic mass is 16.5. The molecule has 0 aliphatic rings. The molecule has 0 unspecified atom stereocenters. The van der Waals surface area contributed by atoms with Gasteiger partial charge in [-0.3, -0.25) is 4.98 Å². The second-order valence-corrected chi connectivity index (χ2v) is 4.66. The lowest BCUT2D eigenvalue weighted by Crippen LogP contribution is -1.93. The molecule has 0 bridgehead atoms. The molecule has 5 nitrogen and oxygen atoms in total. The molecule has 108 valence electrons. The highest BCUT2D eigenvalue weighted by molar-refractivity contribution is 5.86. The molecule has 3 rings (SSSR count). The van der Waals surface area contributed by atoms with E-state index in [9.17, 15) is 5.26 Å². The second kappa shape index (κ2) is 5.62. The van der Waals surface area contributed by atoms with Crippen molar-refractivity contribution in [2.75, 3.05) is 12.8 Å². The summed E-state index contributed by atoms with van der Waals surface area (Å²) in [7, 11) is 1.61. The molecule has 1 heterocycles. The molecule has 3 aromatic rings. The number of fused-ring (bicyclic) bond motifs is 1. The van der Waals surface area contributed by atoms with Gasteiger partial charge in [0.05, 0.1) is 18.2 Å². The van der Waals surface area contributed by atoms with Crippen LogP contribution in [0.5, 0.6) is 17.2 Å². The van der Waals surface area contributed by atoms with Crippen molar-refractivity contribution in [3.8, 4) is 23.3 Å². The van der Waals surface area contributed by atoms with Crippen LogP contribution in [0, 0.1) is 11.3 Å². The number of nitriles is 1. The van der Waals surface area contributed by atoms with Gasteiger partial charge in [0.2, 0.25) is 0 Å². The molecule has 0 atom stereocenters. The normalized spacial score (nSPS) is 10.2. The van der Waals surface area contributed by atoms with E-state index < -0.39 is 0 Å². The third kappa shape index (κ3) is 2.50. The Bertz CT molecular complexity index is 885. The third-order valence-electron chi connectivity index (χ3n) is 3.25. The summed E-state index contributed by atoms with van der Waals surface area (Å²) < 4.78 is 11.1. The number of methoxy groups -OCH3 is 1. The zero-order chi connectivity index (χ0) is 15.5. The van der Waals surface area contributed by atoms with E-state index in [0.717, 1.165) is 16.7 Å². The van der Waals surface area contributed by atoms with Crippen LogP contribution < -0.4 is 15.2 Å². The smallest absolute Gasteiger partial charge is 0.145 e. The lowest BCUT2D eigenvalue weighted by Gasteiger charge is -2.11. The Balaban J connectivity index is 2.06. The molecule has 0 fully saturated rings. The molecular weight excluding hydrogens is 278 g/mol. The minimum absolute atomic E-state index is 0.387. The van der Waals surface area contributed by atoms with Crippen LogP contribution in [0.15, 0.2) is 48.7 Å². The summed E-state index contributed by atoms with van der Waals surface area (Å²) in [4.78, 5) is 4.30. The van der Waals surface area contributed by atoms with Crippen molar-refractivity contribution < 1.29 is 9.47 Å². The number of hydrogen-bond acceptors (Lipinski definition) is 5. The van der Waals surface area contributed by atoms with Gasteiger partial charge >= 0.3 is 0 Å². The first kappa shape index (κ1) is 13.7. The minimum Gasteiger partial charge on any atom is -0.497 e. The summed E-state index contributed by atoms with van der Waals surface area (Å²) in [6, 6.07) is 14.3. The number of hydrogen-bond donors (Lipinski definition) is 1. The highest BCUT2D eigenvalue weighted by Crippen LogP contribution is 2.32. The summed E-state index contributed by atoms with van der Waals surface area (Å²) in [5, 5.41) is 10.0. The zero-order valence-corrected chi connectivity index (χ0v) is 11.9. The number of rotatable bonds is 3. The maximum atomic E-state index is 9.19. The molecule has 0 amide bonds. The lowest BCUT2D eigenvalue weighted by atomic mass is 10.1. The van der Waals surface area contributed by atoms with Crippen LogP contribution in [-0.4, -0.2) is 12.1 Å². The summed E-state index contributed by atoms with van der Waals surface area (Å²) >= 11 is 0. The number of ether oxygens (including phenoxy) is 2. The van der Waals surface area contributed by atoms with Crippen molar-refractivity contribution in [2.45, 2.75) is 0 Å². The number of aromatic nitrogens is 1. The fraction of sp³-hybridized carbons (Fsp3) is 0.0588. The Morgan fingerprint density at radius 2 is 1.95 bits per heavy atom. The topological polar surface area (TPSA) is 81.2 Å². The van der Waals surface area contributed by atoms with E-state index in [0.29, 0.717) is 22.7 Å². The van der Waals surface area contributed by atoms with Crippen molar-refractivity contribution in [2.24, 2.45) is 0 Å². The monoisotopic (exact) mass is 291 g/mol. The maximum absolute atomic E-state index is 9.19. The Hall–Kier alpha value is -3.26. The number of nitrogens with two attached hydrogens (primary N) is 1. The van der Waals surface area contributed by atoms with E-state index in [2.05, 4.69) is 11.1 Å². The van der Waals surface area contributed by atoms with Crippen LogP contribution in [0.2, 0.25) is 0 Å². The minimum atomic E-state index is 0.387. The Kier molecular flexibility index (Phi) is 3.50. The highest BCUT2D eigenvalue weighted by Gasteiger charge is 2.09. The van der Waals surface area contributed by atoms with Crippen molar-refractivity contribution in [1.82, 2.24) is 4.98 Å². The van der Waals surface area contributed by atoms with Gasteiger partial charge in [0.15, 0.2) is 0 Å². The van der Waals surface area contributed by atoms with Gasteiger partial charge in [-0.1, -0.05) is 0 Å². The van der Waals surface area contributed by atoms with E-state index in [4.69, 9.17) is 15.2 Å². The molecule has 5 heteroatoms. The first-order valence-corrected chi connectivity index (χ1v) is 6.61. The zero-order valence-electron chi connectivity index (χ0n) is 11.9. The second-order valence-electron chi connectivity index (χ2n) is 4.66. The molecule has 0 aliphatic carbocycles. The van der Waals surface area contributed by atoms with Crippen molar-refractivity contribution >= 4 is 16.6 Å². The van der Waals surface area contributed by atoms with E-state index in [1.165, 1.54) is 0 Å². The summed E-state index contributed by atoms with van der Waals surface area (Å²) in [6.07, 6.45) is 1.65. The Morgan fingerprint density at radius 1 is 1.09 bits per heavy atom. The molecule has 1 aromatic heterocycles. The van der Waals surface area contributed by atoms with Gasteiger partial charge in [-0.15, -0.1) is 0 Å². The summed E-state index contributed by atoms with van der Waals surface area (Å²) in [5.41, 5.74) is 7.35. The van der Waals surface area contributed by atoms with Gasteiger partial charge in [0.1, 0.15) is 23.3 Å². The first-order valence-electron chi connectivity index (χ1n) is 6.61. The van der Waals surface area contributed by atoms with Crippen LogP contribution in [0.25, 0.3) is 10.9 Å². The molecule has 2 N–H and O–H groups in total.